The maximum absolute atomic E-state index is 14.5. The van der Waals surface area contributed by atoms with Crippen LogP contribution in [0.4, 0.5) is 14.5 Å². The van der Waals surface area contributed by atoms with E-state index < -0.39 is 17.5 Å². The number of hydrogen-bond donors (Lipinski definition) is 1. The Morgan fingerprint density at radius 3 is 2.35 bits per heavy atom. The number of benzene rings is 3. The van der Waals surface area contributed by atoms with Gasteiger partial charge < -0.3 is 14.8 Å². The smallest absolute Gasteiger partial charge is 0.336 e. The van der Waals surface area contributed by atoms with Gasteiger partial charge in [0.2, 0.25) is 0 Å². The first-order valence-corrected chi connectivity index (χ1v) is 10.7. The molecule has 0 spiro atoms. The zero-order valence-electron chi connectivity index (χ0n) is 18.4. The van der Waals surface area contributed by atoms with Gasteiger partial charge in [0.25, 0.3) is 5.91 Å². The van der Waals surface area contributed by atoms with Crippen LogP contribution in [0.15, 0.2) is 72.8 Å². The average Bonchev–Trinajstić information content (AvgIpc) is 3.27. The molecule has 3 aromatic carbocycles. The molecule has 0 saturated carbocycles. The van der Waals surface area contributed by atoms with Crippen LogP contribution >= 0.6 is 0 Å². The van der Waals surface area contributed by atoms with E-state index in [4.69, 9.17) is 9.47 Å². The van der Waals surface area contributed by atoms with Crippen molar-refractivity contribution in [2.75, 3.05) is 25.1 Å². The molecule has 0 saturated heterocycles. The van der Waals surface area contributed by atoms with Crippen molar-refractivity contribution in [3.8, 4) is 23.1 Å². The molecule has 0 atom stereocenters. The number of aromatic nitrogens is 3. The lowest BCUT2D eigenvalue weighted by atomic mass is 10.2. The third-order valence-electron chi connectivity index (χ3n) is 4.85. The molecular formula is C25H22F2N4O3. The predicted molar refractivity (Wildman–Crippen MR) is 123 cm³/mol. The SMILES string of the molecule is CCOCCOc1nc(-c2ccccc2F)n(-c2ccc(NC(=O)c3ccccc3F)cc2)n1. The van der Waals surface area contributed by atoms with Crippen LogP contribution in [-0.2, 0) is 4.74 Å². The lowest BCUT2D eigenvalue weighted by molar-refractivity contribution is 0.102. The standard InChI is InChI=1S/C25H22F2N4O3/c1-2-33-15-16-34-25-29-23(19-7-3-5-9-21(19)26)31(30-25)18-13-11-17(12-14-18)28-24(32)20-8-4-6-10-22(20)27/h3-14H,2,15-16H2,1H3,(H,28,32). The highest BCUT2D eigenvalue weighted by atomic mass is 19.1. The van der Waals surface area contributed by atoms with E-state index in [-0.39, 0.29) is 29.6 Å². The summed E-state index contributed by atoms with van der Waals surface area (Å²) in [5.41, 5.74) is 1.22. The minimum absolute atomic E-state index is 0.0569. The maximum Gasteiger partial charge on any atom is 0.336 e. The van der Waals surface area contributed by atoms with Gasteiger partial charge >= 0.3 is 6.01 Å². The lowest BCUT2D eigenvalue weighted by Gasteiger charge is -2.09. The van der Waals surface area contributed by atoms with Gasteiger partial charge in [-0.25, -0.2) is 13.5 Å². The summed E-state index contributed by atoms with van der Waals surface area (Å²) in [6, 6.07) is 18.7. The Balaban J connectivity index is 1.60. The number of nitrogens with one attached hydrogen (secondary N) is 1. The molecule has 0 radical (unpaired) electrons. The molecule has 1 aromatic heterocycles. The third-order valence-corrected chi connectivity index (χ3v) is 4.85. The zero-order valence-corrected chi connectivity index (χ0v) is 18.4. The van der Waals surface area contributed by atoms with Crippen LogP contribution in [0.1, 0.15) is 17.3 Å². The van der Waals surface area contributed by atoms with Crippen molar-refractivity contribution < 1.29 is 23.0 Å². The molecule has 4 aromatic rings. The normalized spacial score (nSPS) is 10.8. The Hall–Kier alpha value is -4.11. The quantitative estimate of drug-likeness (QED) is 0.357. The summed E-state index contributed by atoms with van der Waals surface area (Å²) in [6.45, 7) is 3.06. The second-order valence-corrected chi connectivity index (χ2v) is 7.14. The Bertz CT molecular complexity index is 1280. The van der Waals surface area contributed by atoms with Crippen LogP contribution in [-0.4, -0.2) is 40.5 Å². The summed E-state index contributed by atoms with van der Waals surface area (Å²) >= 11 is 0. The monoisotopic (exact) mass is 464 g/mol. The van der Waals surface area contributed by atoms with E-state index in [1.165, 1.54) is 28.9 Å². The van der Waals surface area contributed by atoms with E-state index in [0.29, 0.717) is 24.6 Å². The highest BCUT2D eigenvalue weighted by molar-refractivity contribution is 6.04. The van der Waals surface area contributed by atoms with E-state index in [1.807, 2.05) is 6.92 Å². The molecule has 0 aliphatic heterocycles. The van der Waals surface area contributed by atoms with Crippen molar-refractivity contribution >= 4 is 11.6 Å². The first-order chi connectivity index (χ1) is 16.6. The van der Waals surface area contributed by atoms with Crippen molar-refractivity contribution in [2.45, 2.75) is 6.92 Å². The van der Waals surface area contributed by atoms with E-state index in [0.717, 1.165) is 0 Å². The summed E-state index contributed by atoms with van der Waals surface area (Å²) in [5.74, 6) is -1.37. The van der Waals surface area contributed by atoms with Gasteiger partial charge in [0, 0.05) is 12.3 Å². The first kappa shape index (κ1) is 23.1. The zero-order chi connectivity index (χ0) is 23.9. The van der Waals surface area contributed by atoms with Gasteiger partial charge in [-0.15, -0.1) is 5.10 Å². The number of anilines is 1. The van der Waals surface area contributed by atoms with Crippen molar-refractivity contribution in [3.63, 3.8) is 0 Å². The highest BCUT2D eigenvalue weighted by Crippen LogP contribution is 2.26. The number of halogens is 2. The topological polar surface area (TPSA) is 78.3 Å². The third kappa shape index (κ3) is 5.26. The fourth-order valence-corrected chi connectivity index (χ4v) is 3.22. The number of hydrogen-bond acceptors (Lipinski definition) is 5. The van der Waals surface area contributed by atoms with Crippen LogP contribution < -0.4 is 10.1 Å². The van der Waals surface area contributed by atoms with Crippen LogP contribution in [0.25, 0.3) is 17.1 Å². The highest BCUT2D eigenvalue weighted by Gasteiger charge is 2.18. The molecule has 0 unspecified atom stereocenters. The molecule has 7 nitrogen and oxygen atoms in total. The molecule has 1 N–H and O–H groups in total. The summed E-state index contributed by atoms with van der Waals surface area (Å²) in [4.78, 5) is 16.7. The van der Waals surface area contributed by atoms with Gasteiger partial charge in [0.15, 0.2) is 5.82 Å². The molecule has 174 valence electrons. The number of amides is 1. The van der Waals surface area contributed by atoms with Gasteiger partial charge in [-0.3, -0.25) is 4.79 Å². The molecule has 0 aliphatic carbocycles. The number of carbonyl (C=O) groups is 1. The molecule has 0 bridgehead atoms. The molecular weight excluding hydrogens is 442 g/mol. The number of ether oxygens (including phenoxy) is 2. The lowest BCUT2D eigenvalue weighted by Crippen LogP contribution is -2.13. The van der Waals surface area contributed by atoms with E-state index in [9.17, 15) is 13.6 Å². The van der Waals surface area contributed by atoms with E-state index in [1.54, 1.807) is 48.5 Å². The van der Waals surface area contributed by atoms with Crippen molar-refractivity contribution in [2.24, 2.45) is 0 Å². The second kappa shape index (κ2) is 10.7. The average molecular weight is 464 g/mol. The Morgan fingerprint density at radius 1 is 0.941 bits per heavy atom. The van der Waals surface area contributed by atoms with Gasteiger partial charge in [-0.1, -0.05) is 24.3 Å². The fourth-order valence-electron chi connectivity index (χ4n) is 3.22. The minimum atomic E-state index is -0.606. The molecule has 4 rings (SSSR count). The Kier molecular flexibility index (Phi) is 7.24. The van der Waals surface area contributed by atoms with Gasteiger partial charge in [0.05, 0.1) is 23.4 Å². The number of nitrogens with zero attached hydrogens (tertiary/aromatic N) is 3. The molecule has 1 heterocycles. The predicted octanol–water partition coefficient (Wildman–Crippen LogP) is 4.88. The minimum Gasteiger partial charge on any atom is -0.460 e. The second-order valence-electron chi connectivity index (χ2n) is 7.14. The van der Waals surface area contributed by atoms with Crippen LogP contribution in [0.2, 0.25) is 0 Å². The summed E-state index contributed by atoms with van der Waals surface area (Å²) < 4.78 is 40.7. The Morgan fingerprint density at radius 2 is 1.65 bits per heavy atom. The molecule has 9 heteroatoms. The Labute approximate surface area is 195 Å². The van der Waals surface area contributed by atoms with Crippen LogP contribution in [0.5, 0.6) is 6.01 Å². The molecule has 0 fully saturated rings. The summed E-state index contributed by atoms with van der Waals surface area (Å²) in [5, 5.41) is 7.02. The van der Waals surface area contributed by atoms with Crippen LogP contribution in [0.3, 0.4) is 0 Å². The first-order valence-electron chi connectivity index (χ1n) is 10.7. The fraction of sp³-hybridized carbons (Fsp3) is 0.160. The van der Waals surface area contributed by atoms with Gasteiger partial charge in [-0.2, -0.15) is 4.98 Å². The molecule has 1 amide bonds. The summed E-state index contributed by atoms with van der Waals surface area (Å²) in [7, 11) is 0. The largest absolute Gasteiger partial charge is 0.460 e. The molecule has 0 aliphatic rings. The van der Waals surface area contributed by atoms with Crippen molar-refractivity contribution in [1.82, 2.24) is 14.8 Å². The summed E-state index contributed by atoms with van der Waals surface area (Å²) in [6.07, 6.45) is 0. The van der Waals surface area contributed by atoms with E-state index in [2.05, 4.69) is 15.4 Å². The number of rotatable bonds is 9. The number of carbonyl (C=O) groups excluding carboxylic acids is 1. The van der Waals surface area contributed by atoms with Crippen molar-refractivity contribution in [1.29, 1.82) is 0 Å². The van der Waals surface area contributed by atoms with Crippen LogP contribution in [0, 0.1) is 11.6 Å². The van der Waals surface area contributed by atoms with Crippen molar-refractivity contribution in [3.05, 3.63) is 90.0 Å². The van der Waals surface area contributed by atoms with Gasteiger partial charge in [0.1, 0.15) is 18.2 Å². The molecule has 34 heavy (non-hydrogen) atoms. The van der Waals surface area contributed by atoms with E-state index >= 15 is 0 Å². The van der Waals surface area contributed by atoms with Gasteiger partial charge in [-0.05, 0) is 55.5 Å². The maximum atomic E-state index is 14.5.